The van der Waals surface area contributed by atoms with E-state index in [1.54, 1.807) is 7.11 Å². The molecule has 0 unspecified atom stereocenters. The molecule has 0 aromatic heterocycles. The van der Waals surface area contributed by atoms with Crippen molar-refractivity contribution in [3.8, 4) is 0 Å². The molecule has 3 rings (SSSR count). The van der Waals surface area contributed by atoms with Gasteiger partial charge in [0.2, 0.25) is 0 Å². The van der Waals surface area contributed by atoms with Gasteiger partial charge in [0.05, 0.1) is 17.4 Å². The Bertz CT molecular complexity index is 377. The van der Waals surface area contributed by atoms with E-state index >= 15 is 0 Å². The van der Waals surface area contributed by atoms with Crippen LogP contribution in [-0.2, 0) is 19.1 Å². The number of ether oxygens (including phenoxy) is 2. The van der Waals surface area contributed by atoms with Crippen LogP contribution in [0, 0.1) is 11.3 Å². The normalized spacial score (nSPS) is 50.9. The van der Waals surface area contributed by atoms with E-state index in [1.807, 2.05) is 6.92 Å². The number of Topliss-reactive ketones (excluding diaryl/α,β-unsaturated/α-hetero) is 2. The highest BCUT2D eigenvalue weighted by molar-refractivity contribution is 5.97. The second-order valence-corrected chi connectivity index (χ2v) is 5.33. The molecule has 2 saturated heterocycles. The van der Waals surface area contributed by atoms with Crippen molar-refractivity contribution in [1.82, 2.24) is 0 Å². The molecule has 0 aromatic carbocycles. The van der Waals surface area contributed by atoms with Crippen LogP contribution in [0.25, 0.3) is 0 Å². The molecule has 4 atom stereocenters. The molecule has 2 aliphatic heterocycles. The molecule has 3 fully saturated rings. The van der Waals surface area contributed by atoms with E-state index in [0.717, 1.165) is 12.8 Å². The quantitative estimate of drug-likeness (QED) is 0.668. The van der Waals surface area contributed by atoms with Crippen molar-refractivity contribution < 1.29 is 19.1 Å². The second-order valence-electron chi connectivity index (χ2n) is 5.33. The van der Waals surface area contributed by atoms with Gasteiger partial charge in [0.15, 0.2) is 5.79 Å². The molecule has 1 saturated carbocycles. The van der Waals surface area contributed by atoms with Gasteiger partial charge in [-0.15, -0.1) is 0 Å². The van der Waals surface area contributed by atoms with Crippen molar-refractivity contribution in [3.63, 3.8) is 0 Å². The van der Waals surface area contributed by atoms with Crippen LogP contribution in [0.3, 0.4) is 0 Å². The van der Waals surface area contributed by atoms with Crippen molar-refractivity contribution in [3.05, 3.63) is 0 Å². The molecule has 3 aliphatic rings. The van der Waals surface area contributed by atoms with E-state index in [9.17, 15) is 9.59 Å². The van der Waals surface area contributed by atoms with Gasteiger partial charge in [0.25, 0.3) is 0 Å². The van der Waals surface area contributed by atoms with Gasteiger partial charge in [-0.3, -0.25) is 9.59 Å². The number of hydrogen-bond acceptors (Lipinski definition) is 4. The molecule has 0 amide bonds. The Balaban J connectivity index is 2.15. The molecule has 2 bridgehead atoms. The Kier molecular flexibility index (Phi) is 1.91. The lowest BCUT2D eigenvalue weighted by Gasteiger charge is -2.52. The minimum absolute atomic E-state index is 0.0531. The molecule has 0 radical (unpaired) electrons. The van der Waals surface area contributed by atoms with Crippen LogP contribution < -0.4 is 0 Å². The van der Waals surface area contributed by atoms with Gasteiger partial charge in [-0.2, -0.15) is 0 Å². The number of carbonyl (C=O) groups excluding carboxylic acids is 2. The highest BCUT2D eigenvalue weighted by Crippen LogP contribution is 2.59. The molecule has 2 heterocycles. The van der Waals surface area contributed by atoms with Crippen LogP contribution in [-0.4, -0.2) is 30.6 Å². The number of ketones is 2. The fourth-order valence-corrected chi connectivity index (χ4v) is 3.66. The predicted octanol–water partition coefficient (Wildman–Crippen LogP) is 1.08. The molecule has 0 N–H and O–H groups in total. The van der Waals surface area contributed by atoms with Gasteiger partial charge in [-0.05, 0) is 19.8 Å². The Morgan fingerprint density at radius 3 is 2.81 bits per heavy atom. The molecule has 1 aliphatic carbocycles. The maximum atomic E-state index is 12.1. The van der Waals surface area contributed by atoms with Gasteiger partial charge in [-0.25, -0.2) is 0 Å². The molecule has 88 valence electrons. The van der Waals surface area contributed by atoms with E-state index in [2.05, 4.69) is 0 Å². The summed E-state index contributed by atoms with van der Waals surface area (Å²) in [6, 6.07) is 0. The van der Waals surface area contributed by atoms with Crippen molar-refractivity contribution in [2.75, 3.05) is 7.11 Å². The van der Waals surface area contributed by atoms with E-state index in [1.165, 1.54) is 0 Å². The van der Waals surface area contributed by atoms with Crippen LogP contribution in [0.2, 0.25) is 0 Å². The topological polar surface area (TPSA) is 52.6 Å². The summed E-state index contributed by atoms with van der Waals surface area (Å²) in [7, 11) is 1.55. The van der Waals surface area contributed by atoms with Crippen LogP contribution in [0.5, 0.6) is 0 Å². The Labute approximate surface area is 94.3 Å². The van der Waals surface area contributed by atoms with Gasteiger partial charge in [0, 0.05) is 20.0 Å². The van der Waals surface area contributed by atoms with Crippen LogP contribution in [0.1, 0.15) is 32.6 Å². The molecule has 4 nitrogen and oxygen atoms in total. The molecule has 4 heteroatoms. The summed E-state index contributed by atoms with van der Waals surface area (Å²) in [5.41, 5.74) is -0.626. The standard InChI is InChI=1S/C12H16O4/c1-11-4-3-7-5-9(13)8(6-10(11)14)12(11,15-2)16-7/h7-8H,3-6H2,1-2H3/t7-,8+,11+,12+/m0/s1. The molecule has 0 aromatic rings. The summed E-state index contributed by atoms with van der Waals surface area (Å²) in [6.45, 7) is 1.88. The third-order valence-electron chi connectivity index (χ3n) is 4.66. The average Bonchev–Trinajstić information content (AvgIpc) is 2.52. The lowest BCUT2D eigenvalue weighted by atomic mass is 9.70. The molecule has 16 heavy (non-hydrogen) atoms. The fraction of sp³-hybridized carbons (Fsp3) is 0.833. The van der Waals surface area contributed by atoms with Crippen LogP contribution in [0.4, 0.5) is 0 Å². The van der Waals surface area contributed by atoms with Crippen LogP contribution in [0.15, 0.2) is 0 Å². The Hall–Kier alpha value is -0.740. The van der Waals surface area contributed by atoms with Gasteiger partial charge >= 0.3 is 0 Å². The number of rotatable bonds is 1. The highest BCUT2D eigenvalue weighted by atomic mass is 16.7. The number of hydrogen-bond donors (Lipinski definition) is 0. The van der Waals surface area contributed by atoms with Crippen molar-refractivity contribution >= 4 is 11.6 Å². The van der Waals surface area contributed by atoms with Crippen molar-refractivity contribution in [2.24, 2.45) is 11.3 Å². The fourth-order valence-electron chi connectivity index (χ4n) is 3.66. The van der Waals surface area contributed by atoms with E-state index in [4.69, 9.17) is 9.47 Å². The Morgan fingerprint density at radius 1 is 1.38 bits per heavy atom. The van der Waals surface area contributed by atoms with E-state index in [0.29, 0.717) is 6.42 Å². The number of fused-ring (bicyclic) bond motifs is 1. The smallest absolute Gasteiger partial charge is 0.190 e. The monoisotopic (exact) mass is 224 g/mol. The van der Waals surface area contributed by atoms with Gasteiger partial charge < -0.3 is 9.47 Å². The second kappa shape index (κ2) is 2.93. The summed E-state index contributed by atoms with van der Waals surface area (Å²) in [4.78, 5) is 24.1. The van der Waals surface area contributed by atoms with Gasteiger partial charge in [-0.1, -0.05) is 0 Å². The Morgan fingerprint density at radius 2 is 2.12 bits per heavy atom. The summed E-state index contributed by atoms with van der Waals surface area (Å²) < 4.78 is 11.4. The minimum atomic E-state index is -0.970. The van der Waals surface area contributed by atoms with Crippen molar-refractivity contribution in [2.45, 2.75) is 44.5 Å². The zero-order valence-electron chi connectivity index (χ0n) is 9.62. The highest BCUT2D eigenvalue weighted by Gasteiger charge is 2.70. The third-order valence-corrected chi connectivity index (χ3v) is 4.66. The minimum Gasteiger partial charge on any atom is -0.351 e. The first-order chi connectivity index (χ1) is 7.53. The molecular weight excluding hydrogens is 208 g/mol. The molecule has 0 spiro atoms. The summed E-state index contributed by atoms with van der Waals surface area (Å²) in [5, 5.41) is 0. The third kappa shape index (κ3) is 0.931. The lowest BCUT2D eigenvalue weighted by molar-refractivity contribution is -0.332. The number of methoxy groups -OCH3 is 1. The van der Waals surface area contributed by atoms with Crippen LogP contribution >= 0.6 is 0 Å². The maximum absolute atomic E-state index is 12.1. The van der Waals surface area contributed by atoms with E-state index < -0.39 is 11.2 Å². The predicted molar refractivity (Wildman–Crippen MR) is 54.7 cm³/mol. The first-order valence-corrected chi connectivity index (χ1v) is 5.82. The zero-order valence-corrected chi connectivity index (χ0v) is 9.62. The van der Waals surface area contributed by atoms with E-state index in [-0.39, 0.29) is 30.0 Å². The summed E-state index contributed by atoms with van der Waals surface area (Å²) >= 11 is 0. The average molecular weight is 224 g/mol. The molecular formula is C12H16O4. The summed E-state index contributed by atoms with van der Waals surface area (Å²) in [5.74, 6) is -1.10. The lowest BCUT2D eigenvalue weighted by Crippen LogP contribution is -2.62. The first-order valence-electron chi connectivity index (χ1n) is 5.82. The largest absolute Gasteiger partial charge is 0.351 e. The SMILES string of the molecule is CO[C@]12O[C@H]3CC[C@]1(C)C(=O)C[C@@H]2C(=O)C3. The number of carbonyl (C=O) groups is 2. The first kappa shape index (κ1) is 10.4. The zero-order chi connectivity index (χ0) is 11.6. The maximum Gasteiger partial charge on any atom is 0.190 e. The van der Waals surface area contributed by atoms with Crippen molar-refractivity contribution in [1.29, 1.82) is 0 Å². The van der Waals surface area contributed by atoms with Gasteiger partial charge in [0.1, 0.15) is 11.6 Å². The summed E-state index contributed by atoms with van der Waals surface area (Å²) in [6.07, 6.45) is 2.23.